The zero-order valence-corrected chi connectivity index (χ0v) is 19.7. The Labute approximate surface area is 186 Å². The van der Waals surface area contributed by atoms with E-state index in [1.54, 1.807) is 0 Å². The average Bonchev–Trinajstić information content (AvgIpc) is 2.92. The van der Waals surface area contributed by atoms with E-state index in [4.69, 9.17) is 0 Å². The second-order valence-electron chi connectivity index (χ2n) is 10.6. The molecule has 3 atom stereocenters. The van der Waals surface area contributed by atoms with Crippen molar-refractivity contribution in [2.75, 3.05) is 6.54 Å². The summed E-state index contributed by atoms with van der Waals surface area (Å²) in [6, 6.07) is 7.66. The molecule has 1 saturated carbocycles. The van der Waals surface area contributed by atoms with Crippen molar-refractivity contribution in [2.45, 2.75) is 84.2 Å². The number of carbonyl (C=O) groups excluding carboxylic acids is 3. The number of hydrogen-bond donors (Lipinski definition) is 2. The van der Waals surface area contributed by atoms with Gasteiger partial charge in [-0.3, -0.25) is 14.5 Å². The van der Waals surface area contributed by atoms with Crippen LogP contribution >= 0.6 is 0 Å². The molecular weight excluding hydrogens is 390 g/mol. The molecule has 2 N–H and O–H groups in total. The Morgan fingerprint density at radius 2 is 1.84 bits per heavy atom. The van der Waals surface area contributed by atoms with Gasteiger partial charge in [-0.2, -0.15) is 0 Å². The van der Waals surface area contributed by atoms with Crippen molar-refractivity contribution in [3.05, 3.63) is 35.4 Å². The van der Waals surface area contributed by atoms with E-state index in [2.05, 4.69) is 69.5 Å². The highest BCUT2D eigenvalue weighted by molar-refractivity contribution is 6.09. The van der Waals surface area contributed by atoms with E-state index in [9.17, 15) is 14.4 Å². The maximum Gasteiger partial charge on any atom is 0.325 e. The number of carbonyl (C=O) groups is 3. The average molecular weight is 428 g/mol. The molecule has 1 aliphatic carbocycles. The molecule has 6 heteroatoms. The normalized spacial score (nSPS) is 25.1. The van der Waals surface area contributed by atoms with Crippen LogP contribution in [0.15, 0.2) is 24.3 Å². The summed E-state index contributed by atoms with van der Waals surface area (Å²) in [7, 11) is 0. The molecule has 0 bridgehead atoms. The van der Waals surface area contributed by atoms with E-state index < -0.39 is 11.6 Å². The fourth-order valence-electron chi connectivity index (χ4n) is 4.83. The summed E-state index contributed by atoms with van der Waals surface area (Å²) in [5, 5.41) is 5.96. The predicted octanol–water partition coefficient (Wildman–Crippen LogP) is 4.30. The molecule has 1 spiro atoms. The molecule has 6 nitrogen and oxygen atoms in total. The lowest BCUT2D eigenvalue weighted by molar-refractivity contribution is -0.137. The summed E-state index contributed by atoms with van der Waals surface area (Å²) < 4.78 is 0. The van der Waals surface area contributed by atoms with Gasteiger partial charge < -0.3 is 10.6 Å². The summed E-state index contributed by atoms with van der Waals surface area (Å²) in [6.45, 7) is 12.4. The Balaban J connectivity index is 1.71. The van der Waals surface area contributed by atoms with E-state index in [0.29, 0.717) is 6.42 Å². The second kappa shape index (κ2) is 8.64. The molecule has 1 aliphatic heterocycles. The number of urea groups is 1. The topological polar surface area (TPSA) is 78.5 Å². The summed E-state index contributed by atoms with van der Waals surface area (Å²) in [6.07, 6.45) is 3.53. The number of hydrogen-bond acceptors (Lipinski definition) is 3. The summed E-state index contributed by atoms with van der Waals surface area (Å²) in [5.41, 5.74) is 1.47. The molecule has 1 saturated heterocycles. The van der Waals surface area contributed by atoms with Crippen LogP contribution in [0.2, 0.25) is 0 Å². The van der Waals surface area contributed by atoms with Crippen molar-refractivity contribution in [3.8, 4) is 0 Å². The van der Waals surface area contributed by atoms with Crippen molar-refractivity contribution < 1.29 is 14.4 Å². The minimum atomic E-state index is -0.837. The Hall–Kier alpha value is -2.37. The molecule has 3 unspecified atom stereocenters. The van der Waals surface area contributed by atoms with Crippen molar-refractivity contribution in [1.29, 1.82) is 0 Å². The van der Waals surface area contributed by atoms with Crippen molar-refractivity contribution >= 4 is 17.8 Å². The van der Waals surface area contributed by atoms with Crippen LogP contribution in [-0.2, 0) is 15.0 Å². The fourth-order valence-corrected chi connectivity index (χ4v) is 4.83. The van der Waals surface area contributed by atoms with E-state index in [1.807, 2.05) is 6.92 Å². The number of nitrogens with zero attached hydrogens (tertiary/aromatic N) is 1. The van der Waals surface area contributed by atoms with Crippen LogP contribution in [0.1, 0.15) is 84.4 Å². The van der Waals surface area contributed by atoms with Crippen LogP contribution in [0.3, 0.4) is 0 Å². The Bertz CT molecular complexity index is 841. The first-order valence-electron chi connectivity index (χ1n) is 11.5. The fraction of sp³-hybridized carbons (Fsp3) is 0.640. The standard InChI is InChI=1S/C25H37N3O3/c1-16(2)21(18-10-12-19(13-11-18)24(4,5)6)26-20(29)15-28-22(30)25(27-23(28)31)14-8-7-9-17(25)3/h10-13,16-17,21H,7-9,14-15H2,1-6H3,(H,26,29)(H,27,31). The zero-order valence-electron chi connectivity index (χ0n) is 19.7. The largest absolute Gasteiger partial charge is 0.347 e. The molecule has 1 aromatic rings. The maximum atomic E-state index is 13.1. The molecule has 1 aromatic carbocycles. The second-order valence-corrected chi connectivity index (χ2v) is 10.6. The monoisotopic (exact) mass is 427 g/mol. The third-order valence-corrected chi connectivity index (χ3v) is 6.92. The van der Waals surface area contributed by atoms with Crippen LogP contribution in [0.5, 0.6) is 0 Å². The zero-order chi connectivity index (χ0) is 23.0. The van der Waals surface area contributed by atoms with Crippen molar-refractivity contribution in [2.24, 2.45) is 11.8 Å². The lowest BCUT2D eigenvalue weighted by Gasteiger charge is -2.36. The molecule has 2 aliphatic rings. The molecule has 0 aromatic heterocycles. The summed E-state index contributed by atoms with van der Waals surface area (Å²) in [5.74, 6) is -0.328. The smallest absolute Gasteiger partial charge is 0.325 e. The van der Waals surface area contributed by atoms with Crippen LogP contribution in [0.4, 0.5) is 4.79 Å². The highest BCUT2D eigenvalue weighted by atomic mass is 16.2. The summed E-state index contributed by atoms with van der Waals surface area (Å²) >= 11 is 0. The third kappa shape index (κ3) is 4.63. The van der Waals surface area contributed by atoms with Gasteiger partial charge in [0.2, 0.25) is 5.91 Å². The first kappa shape index (κ1) is 23.3. The van der Waals surface area contributed by atoms with Gasteiger partial charge in [0.15, 0.2) is 0 Å². The van der Waals surface area contributed by atoms with Gasteiger partial charge in [-0.1, -0.05) is 78.6 Å². The van der Waals surface area contributed by atoms with E-state index >= 15 is 0 Å². The third-order valence-electron chi connectivity index (χ3n) is 6.92. The minimum Gasteiger partial charge on any atom is -0.347 e. The van der Waals surface area contributed by atoms with Crippen LogP contribution in [-0.4, -0.2) is 34.8 Å². The quantitative estimate of drug-likeness (QED) is 0.688. The van der Waals surface area contributed by atoms with Crippen LogP contribution in [0.25, 0.3) is 0 Å². The Morgan fingerprint density at radius 3 is 2.39 bits per heavy atom. The van der Waals surface area contributed by atoms with Gasteiger partial charge in [-0.05, 0) is 41.2 Å². The maximum absolute atomic E-state index is 13.1. The molecule has 170 valence electrons. The van der Waals surface area contributed by atoms with E-state index in [0.717, 1.165) is 29.7 Å². The lowest BCUT2D eigenvalue weighted by atomic mass is 9.73. The van der Waals surface area contributed by atoms with Gasteiger partial charge >= 0.3 is 6.03 Å². The highest BCUT2D eigenvalue weighted by Gasteiger charge is 2.55. The molecular formula is C25H37N3O3. The Morgan fingerprint density at radius 1 is 1.19 bits per heavy atom. The molecule has 3 rings (SSSR count). The van der Waals surface area contributed by atoms with Gasteiger partial charge in [0.05, 0.1) is 6.04 Å². The van der Waals surface area contributed by atoms with Gasteiger partial charge in [0, 0.05) is 0 Å². The van der Waals surface area contributed by atoms with Crippen LogP contribution in [0, 0.1) is 11.8 Å². The number of imide groups is 1. The minimum absolute atomic E-state index is 0.0603. The summed E-state index contributed by atoms with van der Waals surface area (Å²) in [4.78, 5) is 39.7. The predicted molar refractivity (Wildman–Crippen MR) is 121 cm³/mol. The van der Waals surface area contributed by atoms with Gasteiger partial charge in [0.25, 0.3) is 5.91 Å². The van der Waals surface area contributed by atoms with Gasteiger partial charge in [-0.25, -0.2) is 4.79 Å². The molecule has 2 fully saturated rings. The Kier molecular flexibility index (Phi) is 6.49. The number of nitrogens with one attached hydrogen (secondary N) is 2. The number of benzene rings is 1. The number of amides is 4. The molecule has 4 amide bonds. The first-order valence-corrected chi connectivity index (χ1v) is 11.5. The van der Waals surface area contributed by atoms with Gasteiger partial charge in [-0.15, -0.1) is 0 Å². The number of rotatable bonds is 5. The van der Waals surface area contributed by atoms with Crippen molar-refractivity contribution in [1.82, 2.24) is 15.5 Å². The SMILES string of the molecule is CC(C)C(NC(=O)CN1C(=O)NC2(CCCCC2C)C1=O)c1ccc(C(C)(C)C)cc1. The van der Waals surface area contributed by atoms with E-state index in [1.165, 1.54) is 5.56 Å². The van der Waals surface area contributed by atoms with E-state index in [-0.39, 0.29) is 41.7 Å². The molecule has 0 radical (unpaired) electrons. The molecule has 1 heterocycles. The molecule has 31 heavy (non-hydrogen) atoms. The lowest BCUT2D eigenvalue weighted by Crippen LogP contribution is -2.54. The van der Waals surface area contributed by atoms with Gasteiger partial charge in [0.1, 0.15) is 12.1 Å². The van der Waals surface area contributed by atoms with Crippen molar-refractivity contribution in [3.63, 3.8) is 0 Å². The van der Waals surface area contributed by atoms with Crippen LogP contribution < -0.4 is 10.6 Å². The first-order chi connectivity index (χ1) is 14.5. The highest BCUT2D eigenvalue weighted by Crippen LogP contribution is 2.38.